The zero-order chi connectivity index (χ0) is 18.4. The van der Waals surface area contributed by atoms with E-state index in [1.54, 1.807) is 11.3 Å². The number of nitrogens with one attached hydrogen (secondary N) is 1. The molecule has 2 aromatic heterocycles. The number of thiophene rings is 1. The van der Waals surface area contributed by atoms with Crippen LogP contribution in [0.4, 0.5) is 0 Å². The largest absolute Gasteiger partial charge is 0.350 e. The van der Waals surface area contributed by atoms with Crippen molar-refractivity contribution in [3.63, 3.8) is 0 Å². The molecule has 0 spiro atoms. The molecule has 0 bridgehead atoms. The van der Waals surface area contributed by atoms with Crippen LogP contribution in [0.2, 0.25) is 0 Å². The van der Waals surface area contributed by atoms with Crippen LogP contribution in [0, 0.1) is 0 Å². The first kappa shape index (κ1) is 18.7. The van der Waals surface area contributed by atoms with Gasteiger partial charge in [0.1, 0.15) is 5.82 Å². The van der Waals surface area contributed by atoms with Crippen molar-refractivity contribution < 1.29 is 4.79 Å². The zero-order valence-electron chi connectivity index (χ0n) is 14.9. The van der Waals surface area contributed by atoms with E-state index in [0.29, 0.717) is 6.54 Å². The normalized spacial score (nSPS) is 12.1. The lowest BCUT2D eigenvalue weighted by Gasteiger charge is -2.12. The van der Waals surface area contributed by atoms with Gasteiger partial charge in [0.15, 0.2) is 5.16 Å². The lowest BCUT2D eigenvalue weighted by Crippen LogP contribution is -2.30. The van der Waals surface area contributed by atoms with Crippen LogP contribution in [-0.4, -0.2) is 25.9 Å². The van der Waals surface area contributed by atoms with Crippen molar-refractivity contribution in [3.8, 4) is 0 Å². The summed E-state index contributed by atoms with van der Waals surface area (Å²) in [5, 5.41) is 14.2. The van der Waals surface area contributed by atoms with Gasteiger partial charge in [-0.3, -0.25) is 4.79 Å². The van der Waals surface area contributed by atoms with Crippen LogP contribution < -0.4 is 5.32 Å². The average molecular weight is 387 g/mol. The second-order valence-corrected chi connectivity index (χ2v) is 8.20. The Morgan fingerprint density at radius 2 is 2.04 bits per heavy atom. The molecule has 26 heavy (non-hydrogen) atoms. The summed E-state index contributed by atoms with van der Waals surface area (Å²) in [7, 11) is 0. The molecule has 136 valence electrons. The number of carbonyl (C=O) groups is 1. The molecule has 0 radical (unpaired) electrons. The number of carbonyl (C=O) groups excluding carboxylic acids is 1. The highest BCUT2D eigenvalue weighted by Gasteiger charge is 2.19. The van der Waals surface area contributed by atoms with Crippen LogP contribution in [0.3, 0.4) is 0 Å². The molecule has 3 rings (SSSR count). The molecule has 1 atom stereocenters. The second kappa shape index (κ2) is 9.00. The summed E-state index contributed by atoms with van der Waals surface area (Å²) in [6, 6.07) is 14.2. The van der Waals surface area contributed by atoms with Crippen molar-refractivity contribution in [1.82, 2.24) is 20.1 Å². The Bertz CT molecular complexity index is 831. The maximum atomic E-state index is 12.4. The summed E-state index contributed by atoms with van der Waals surface area (Å²) in [4.78, 5) is 13.5. The highest BCUT2D eigenvalue weighted by Crippen LogP contribution is 2.23. The van der Waals surface area contributed by atoms with Gasteiger partial charge in [-0.15, -0.1) is 21.5 Å². The maximum absolute atomic E-state index is 12.4. The van der Waals surface area contributed by atoms with E-state index in [1.165, 1.54) is 17.3 Å². The smallest absolute Gasteiger partial charge is 0.233 e. The predicted octanol–water partition coefficient (Wildman–Crippen LogP) is 3.75. The Morgan fingerprint density at radius 3 is 2.73 bits per heavy atom. The summed E-state index contributed by atoms with van der Waals surface area (Å²) in [5.74, 6) is 0.936. The molecule has 3 aromatic rings. The summed E-state index contributed by atoms with van der Waals surface area (Å²) >= 11 is 3.10. The lowest BCUT2D eigenvalue weighted by molar-refractivity contribution is -0.120. The van der Waals surface area contributed by atoms with E-state index in [4.69, 9.17) is 0 Å². The first-order valence-electron chi connectivity index (χ1n) is 8.60. The fourth-order valence-electron chi connectivity index (χ4n) is 2.58. The number of benzene rings is 1. The number of aromatic nitrogens is 3. The van der Waals surface area contributed by atoms with Crippen molar-refractivity contribution in [1.29, 1.82) is 0 Å². The molecular weight excluding hydrogens is 364 g/mol. The standard InChI is InChI=1S/C19H22N4OS2/c1-3-23-17(12-15-8-5-4-6-9-15)21-22-19(23)26-14(2)18(24)20-13-16-10-7-11-25-16/h4-11,14H,3,12-13H2,1-2H3,(H,20,24)/t14-/m1/s1. The highest BCUT2D eigenvalue weighted by atomic mass is 32.2. The van der Waals surface area contributed by atoms with E-state index < -0.39 is 0 Å². The minimum Gasteiger partial charge on any atom is -0.350 e. The van der Waals surface area contributed by atoms with E-state index in [0.717, 1.165) is 28.8 Å². The molecule has 0 saturated heterocycles. The fraction of sp³-hybridized carbons (Fsp3) is 0.316. The first-order chi connectivity index (χ1) is 12.7. The van der Waals surface area contributed by atoms with Crippen LogP contribution >= 0.6 is 23.1 Å². The van der Waals surface area contributed by atoms with Crippen molar-refractivity contribution >= 4 is 29.0 Å². The number of nitrogens with zero attached hydrogens (tertiary/aromatic N) is 3. The summed E-state index contributed by atoms with van der Waals surface area (Å²) in [6.07, 6.45) is 0.737. The number of thioether (sulfide) groups is 1. The average Bonchev–Trinajstić information content (AvgIpc) is 3.30. The lowest BCUT2D eigenvalue weighted by atomic mass is 10.1. The molecule has 0 aliphatic heterocycles. The third-order valence-electron chi connectivity index (χ3n) is 3.98. The monoisotopic (exact) mass is 386 g/mol. The van der Waals surface area contributed by atoms with E-state index in [9.17, 15) is 4.79 Å². The van der Waals surface area contributed by atoms with Gasteiger partial charge in [-0.2, -0.15) is 0 Å². The van der Waals surface area contributed by atoms with Crippen molar-refractivity contribution in [3.05, 3.63) is 64.1 Å². The molecule has 0 fully saturated rings. The van der Waals surface area contributed by atoms with Gasteiger partial charge in [0.25, 0.3) is 0 Å². The summed E-state index contributed by atoms with van der Waals surface area (Å²) in [5.41, 5.74) is 1.20. The molecule has 0 unspecified atom stereocenters. The molecule has 0 saturated carbocycles. The van der Waals surface area contributed by atoms with Crippen molar-refractivity contribution in [2.24, 2.45) is 0 Å². The Labute approximate surface area is 161 Å². The van der Waals surface area contributed by atoms with Crippen molar-refractivity contribution in [2.75, 3.05) is 0 Å². The number of hydrogen-bond donors (Lipinski definition) is 1. The van der Waals surface area contributed by atoms with Gasteiger partial charge in [-0.25, -0.2) is 0 Å². The van der Waals surface area contributed by atoms with Crippen LogP contribution in [0.25, 0.3) is 0 Å². The van der Waals surface area contributed by atoms with E-state index >= 15 is 0 Å². The third-order valence-corrected chi connectivity index (χ3v) is 5.94. The second-order valence-electron chi connectivity index (χ2n) is 5.86. The third kappa shape index (κ3) is 4.74. The van der Waals surface area contributed by atoms with Crippen LogP contribution in [0.1, 0.15) is 30.1 Å². The predicted molar refractivity (Wildman–Crippen MR) is 106 cm³/mol. The van der Waals surface area contributed by atoms with Gasteiger partial charge in [0, 0.05) is 17.8 Å². The van der Waals surface area contributed by atoms with Crippen LogP contribution in [0.5, 0.6) is 0 Å². The number of hydrogen-bond acceptors (Lipinski definition) is 5. The topological polar surface area (TPSA) is 59.8 Å². The van der Waals surface area contributed by atoms with Crippen LogP contribution in [0.15, 0.2) is 53.0 Å². The van der Waals surface area contributed by atoms with Crippen LogP contribution in [-0.2, 0) is 24.3 Å². The summed E-state index contributed by atoms with van der Waals surface area (Å²) < 4.78 is 2.08. The molecule has 1 aromatic carbocycles. The molecule has 1 N–H and O–H groups in total. The van der Waals surface area contributed by atoms with Gasteiger partial charge < -0.3 is 9.88 Å². The fourth-order valence-corrected chi connectivity index (χ4v) is 4.18. The molecule has 7 heteroatoms. The minimum absolute atomic E-state index is 0.0127. The Kier molecular flexibility index (Phi) is 6.46. The first-order valence-corrected chi connectivity index (χ1v) is 10.4. The Hall–Kier alpha value is -2.12. The van der Waals surface area contributed by atoms with Gasteiger partial charge in [0.2, 0.25) is 5.91 Å². The SMILES string of the molecule is CCn1c(Cc2ccccc2)nnc1S[C@H](C)C(=O)NCc1cccs1. The number of rotatable bonds is 8. The minimum atomic E-state index is -0.228. The van der Waals surface area contributed by atoms with Gasteiger partial charge >= 0.3 is 0 Å². The molecule has 0 aliphatic rings. The van der Waals surface area contributed by atoms with E-state index in [2.05, 4.69) is 39.1 Å². The molecule has 1 amide bonds. The van der Waals surface area contributed by atoms with E-state index in [-0.39, 0.29) is 11.2 Å². The highest BCUT2D eigenvalue weighted by molar-refractivity contribution is 8.00. The zero-order valence-corrected chi connectivity index (χ0v) is 16.5. The molecule has 2 heterocycles. The number of amides is 1. The van der Waals surface area contributed by atoms with Gasteiger partial charge in [-0.05, 0) is 30.9 Å². The Morgan fingerprint density at radius 1 is 1.23 bits per heavy atom. The maximum Gasteiger partial charge on any atom is 0.233 e. The van der Waals surface area contributed by atoms with E-state index in [1.807, 2.05) is 42.6 Å². The summed E-state index contributed by atoms with van der Waals surface area (Å²) in [6.45, 7) is 5.32. The molecule has 0 aliphatic carbocycles. The Balaban J connectivity index is 1.62. The quantitative estimate of drug-likeness (QED) is 0.599. The van der Waals surface area contributed by atoms with Gasteiger partial charge in [0.05, 0.1) is 11.8 Å². The van der Waals surface area contributed by atoms with Crippen molar-refractivity contribution in [2.45, 2.75) is 43.8 Å². The molecule has 5 nitrogen and oxygen atoms in total. The molecular formula is C19H22N4OS2. The van der Waals surface area contributed by atoms with Gasteiger partial charge in [-0.1, -0.05) is 48.2 Å².